The lowest BCUT2D eigenvalue weighted by Gasteiger charge is -2.23. The molecule has 1 aromatic rings. The number of hydrogen-bond donors (Lipinski definition) is 0. The van der Waals surface area contributed by atoms with Crippen LogP contribution in [0.15, 0.2) is 36.4 Å². The van der Waals surface area contributed by atoms with Crippen LogP contribution in [0.2, 0.25) is 0 Å². The summed E-state index contributed by atoms with van der Waals surface area (Å²) in [5.41, 5.74) is 2.02. The second-order valence-corrected chi connectivity index (χ2v) is 3.75. The van der Waals surface area contributed by atoms with Crippen molar-refractivity contribution in [3.05, 3.63) is 47.5 Å². The maximum Gasteiger partial charge on any atom is 0.305 e. The highest BCUT2D eigenvalue weighted by Gasteiger charge is 2.49. The molecule has 2 bridgehead atoms. The Morgan fingerprint density at radius 2 is 2.27 bits per heavy atom. The predicted octanol–water partition coefficient (Wildman–Crippen LogP) is 2.04. The molecule has 1 aromatic carbocycles. The third-order valence-corrected chi connectivity index (χ3v) is 2.73. The van der Waals surface area contributed by atoms with E-state index >= 15 is 0 Å². The molecule has 76 valence electrons. The van der Waals surface area contributed by atoms with Crippen LogP contribution in [-0.4, -0.2) is 5.97 Å². The van der Waals surface area contributed by atoms with Crippen LogP contribution in [-0.2, 0) is 20.1 Å². The molecule has 0 aromatic heterocycles. The van der Waals surface area contributed by atoms with Crippen molar-refractivity contribution in [3.8, 4) is 0 Å². The Kier molecular flexibility index (Phi) is 1.56. The molecule has 3 rings (SSSR count). The number of rotatable bonds is 1. The van der Waals surface area contributed by atoms with E-state index in [-0.39, 0.29) is 12.1 Å². The zero-order valence-corrected chi connectivity index (χ0v) is 8.27. The van der Waals surface area contributed by atoms with Crippen LogP contribution in [0, 0.1) is 0 Å². The zero-order valence-electron chi connectivity index (χ0n) is 8.27. The topological polar surface area (TPSA) is 35.5 Å². The number of benzene rings is 1. The average Bonchev–Trinajstić information content (AvgIpc) is 2.73. The molecule has 0 saturated heterocycles. The Labute approximate surface area is 87.3 Å². The van der Waals surface area contributed by atoms with E-state index < -0.39 is 5.79 Å². The standard InChI is InChI=1S/C12H10O3/c1-8(13)14-12-7-6-11(15-12)9-4-2-3-5-10(9)12/h2-7,11H,1H3. The molecule has 15 heavy (non-hydrogen) atoms. The first-order valence-corrected chi connectivity index (χ1v) is 4.87. The van der Waals surface area contributed by atoms with Crippen molar-refractivity contribution in [2.75, 3.05) is 0 Å². The van der Waals surface area contributed by atoms with Gasteiger partial charge in [0.15, 0.2) is 0 Å². The van der Waals surface area contributed by atoms with Crippen molar-refractivity contribution < 1.29 is 14.3 Å². The largest absolute Gasteiger partial charge is 0.425 e. The van der Waals surface area contributed by atoms with E-state index in [9.17, 15) is 4.79 Å². The minimum Gasteiger partial charge on any atom is -0.425 e. The summed E-state index contributed by atoms with van der Waals surface area (Å²) in [5, 5.41) is 0. The first-order valence-electron chi connectivity index (χ1n) is 4.87. The molecule has 0 saturated carbocycles. The van der Waals surface area contributed by atoms with Gasteiger partial charge in [0.2, 0.25) is 0 Å². The van der Waals surface area contributed by atoms with Gasteiger partial charge >= 0.3 is 5.97 Å². The van der Waals surface area contributed by atoms with Crippen molar-refractivity contribution >= 4 is 5.97 Å². The molecule has 0 N–H and O–H groups in total. The Hall–Kier alpha value is -1.61. The molecule has 2 unspecified atom stereocenters. The van der Waals surface area contributed by atoms with Crippen LogP contribution in [0.1, 0.15) is 24.2 Å². The van der Waals surface area contributed by atoms with E-state index in [0.29, 0.717) is 0 Å². The fourth-order valence-electron chi connectivity index (χ4n) is 2.19. The molecule has 0 spiro atoms. The summed E-state index contributed by atoms with van der Waals surface area (Å²) in [5.74, 6) is -1.30. The summed E-state index contributed by atoms with van der Waals surface area (Å²) in [6.07, 6.45) is 3.66. The summed E-state index contributed by atoms with van der Waals surface area (Å²) >= 11 is 0. The molecule has 2 aliphatic rings. The summed E-state index contributed by atoms with van der Waals surface area (Å²) < 4.78 is 11.0. The van der Waals surface area contributed by atoms with Crippen LogP contribution in [0.4, 0.5) is 0 Å². The van der Waals surface area contributed by atoms with Crippen LogP contribution < -0.4 is 0 Å². The highest BCUT2D eigenvalue weighted by molar-refractivity contribution is 5.67. The lowest BCUT2D eigenvalue weighted by molar-refractivity contribution is -0.206. The number of esters is 1. The summed E-state index contributed by atoms with van der Waals surface area (Å²) in [4.78, 5) is 11.1. The Morgan fingerprint density at radius 3 is 3.07 bits per heavy atom. The van der Waals surface area contributed by atoms with Crippen LogP contribution in [0.3, 0.4) is 0 Å². The Bertz CT molecular complexity index is 464. The van der Waals surface area contributed by atoms with E-state index in [4.69, 9.17) is 9.47 Å². The molecule has 0 aliphatic carbocycles. The number of fused-ring (bicyclic) bond motifs is 5. The normalized spacial score (nSPS) is 30.3. The first-order chi connectivity index (χ1) is 7.21. The Balaban J connectivity index is 2.12. The second kappa shape index (κ2) is 2.70. The van der Waals surface area contributed by atoms with Gasteiger partial charge in [0.05, 0.1) is 0 Å². The van der Waals surface area contributed by atoms with E-state index in [0.717, 1.165) is 11.1 Å². The van der Waals surface area contributed by atoms with E-state index in [1.54, 1.807) is 6.08 Å². The minimum atomic E-state index is -0.965. The third kappa shape index (κ3) is 1.07. The second-order valence-electron chi connectivity index (χ2n) is 3.75. The third-order valence-electron chi connectivity index (χ3n) is 2.73. The molecular weight excluding hydrogens is 192 g/mol. The SMILES string of the molecule is CC(=O)OC12C=CC(O1)c1ccccc12. The van der Waals surface area contributed by atoms with Gasteiger partial charge in [-0.05, 0) is 17.7 Å². The molecule has 3 nitrogen and oxygen atoms in total. The van der Waals surface area contributed by atoms with Gasteiger partial charge in [-0.15, -0.1) is 0 Å². The quantitative estimate of drug-likeness (QED) is 0.516. The maximum atomic E-state index is 11.1. The van der Waals surface area contributed by atoms with E-state index in [1.165, 1.54) is 6.92 Å². The number of ether oxygens (including phenoxy) is 2. The van der Waals surface area contributed by atoms with Gasteiger partial charge in [-0.1, -0.05) is 24.3 Å². The molecule has 0 radical (unpaired) electrons. The zero-order chi connectivity index (χ0) is 10.5. The number of carbonyl (C=O) groups excluding carboxylic acids is 1. The van der Waals surface area contributed by atoms with Crippen molar-refractivity contribution in [1.82, 2.24) is 0 Å². The van der Waals surface area contributed by atoms with Gasteiger partial charge in [-0.2, -0.15) is 0 Å². The van der Waals surface area contributed by atoms with Gasteiger partial charge in [0, 0.05) is 12.5 Å². The smallest absolute Gasteiger partial charge is 0.305 e. The molecule has 2 atom stereocenters. The lowest BCUT2D eigenvalue weighted by atomic mass is 9.95. The van der Waals surface area contributed by atoms with E-state index in [2.05, 4.69) is 0 Å². The molecular formula is C12H10O3. The minimum absolute atomic E-state index is 0.0689. The molecule has 3 heteroatoms. The van der Waals surface area contributed by atoms with Crippen LogP contribution >= 0.6 is 0 Å². The van der Waals surface area contributed by atoms with Gasteiger partial charge in [-0.25, -0.2) is 0 Å². The molecule has 0 amide bonds. The summed E-state index contributed by atoms with van der Waals surface area (Å²) in [7, 11) is 0. The van der Waals surface area contributed by atoms with Crippen molar-refractivity contribution in [2.45, 2.75) is 18.8 Å². The number of carbonyl (C=O) groups is 1. The van der Waals surface area contributed by atoms with Crippen molar-refractivity contribution in [1.29, 1.82) is 0 Å². The lowest BCUT2D eigenvalue weighted by Crippen LogP contribution is -2.27. The molecule has 2 heterocycles. The Morgan fingerprint density at radius 1 is 1.47 bits per heavy atom. The monoisotopic (exact) mass is 202 g/mol. The van der Waals surface area contributed by atoms with Gasteiger partial charge in [-0.3, -0.25) is 4.79 Å². The summed E-state index contributed by atoms with van der Waals surface area (Å²) in [6, 6.07) is 7.80. The first kappa shape index (κ1) is 8.68. The van der Waals surface area contributed by atoms with Gasteiger partial charge in [0.25, 0.3) is 5.79 Å². The molecule has 0 fully saturated rings. The van der Waals surface area contributed by atoms with Crippen LogP contribution in [0.5, 0.6) is 0 Å². The van der Waals surface area contributed by atoms with Gasteiger partial charge in [0.1, 0.15) is 6.10 Å². The van der Waals surface area contributed by atoms with Crippen molar-refractivity contribution in [2.24, 2.45) is 0 Å². The maximum absolute atomic E-state index is 11.1. The fourth-order valence-corrected chi connectivity index (χ4v) is 2.19. The van der Waals surface area contributed by atoms with Crippen LogP contribution in [0.25, 0.3) is 0 Å². The van der Waals surface area contributed by atoms with Gasteiger partial charge < -0.3 is 9.47 Å². The highest BCUT2D eigenvalue weighted by Crippen LogP contribution is 2.50. The fraction of sp³-hybridized carbons (Fsp3) is 0.250. The summed E-state index contributed by atoms with van der Waals surface area (Å²) in [6.45, 7) is 1.39. The predicted molar refractivity (Wildman–Crippen MR) is 52.9 cm³/mol. The van der Waals surface area contributed by atoms with Crippen molar-refractivity contribution in [3.63, 3.8) is 0 Å². The highest BCUT2D eigenvalue weighted by atomic mass is 16.7. The molecule has 2 aliphatic heterocycles. The number of hydrogen-bond acceptors (Lipinski definition) is 3. The van der Waals surface area contributed by atoms with E-state index in [1.807, 2.05) is 30.3 Å². The average molecular weight is 202 g/mol.